The average molecular weight is 314 g/mol. The van der Waals surface area contributed by atoms with Crippen LogP contribution in [0, 0.1) is 0 Å². The molecule has 120 valence electrons. The van der Waals surface area contributed by atoms with Gasteiger partial charge in [-0.05, 0) is 43.3 Å². The first-order valence-corrected chi connectivity index (χ1v) is 7.08. The van der Waals surface area contributed by atoms with Crippen molar-refractivity contribution in [1.29, 1.82) is 0 Å². The molecule has 4 N–H and O–H groups in total. The molecule has 23 heavy (non-hydrogen) atoms. The van der Waals surface area contributed by atoms with Gasteiger partial charge < -0.3 is 20.9 Å². The van der Waals surface area contributed by atoms with E-state index in [1.807, 2.05) is 30.3 Å². The zero-order valence-corrected chi connectivity index (χ0v) is 12.6. The van der Waals surface area contributed by atoms with Crippen LogP contribution in [0.3, 0.4) is 0 Å². The highest BCUT2D eigenvalue weighted by Gasteiger charge is 2.23. The Hall–Kier alpha value is -2.86. The minimum atomic E-state index is -1.14. The highest BCUT2D eigenvalue weighted by molar-refractivity contribution is 5.97. The number of nitrogens with two attached hydrogens (primary N) is 1. The van der Waals surface area contributed by atoms with Crippen LogP contribution in [0.2, 0.25) is 0 Å². The second-order valence-corrected chi connectivity index (χ2v) is 5.03. The van der Waals surface area contributed by atoms with E-state index in [9.17, 15) is 14.7 Å². The van der Waals surface area contributed by atoms with Crippen molar-refractivity contribution in [3.05, 3.63) is 60.2 Å². The van der Waals surface area contributed by atoms with Crippen LogP contribution in [0.4, 0.5) is 0 Å². The van der Waals surface area contributed by atoms with Crippen LogP contribution in [0.15, 0.2) is 54.6 Å². The number of amides is 2. The monoisotopic (exact) mass is 314 g/mol. The molecule has 2 aromatic carbocycles. The quantitative estimate of drug-likeness (QED) is 0.751. The zero-order valence-electron chi connectivity index (χ0n) is 12.6. The van der Waals surface area contributed by atoms with Crippen LogP contribution in [0.25, 0.3) is 0 Å². The molecular formula is C17H18N2O4. The Balaban J connectivity index is 2.04. The molecule has 0 aliphatic rings. The molecule has 2 atom stereocenters. The van der Waals surface area contributed by atoms with Gasteiger partial charge in [0.1, 0.15) is 17.5 Å². The highest BCUT2D eigenvalue weighted by atomic mass is 16.5. The van der Waals surface area contributed by atoms with E-state index in [-0.39, 0.29) is 0 Å². The first kappa shape index (κ1) is 16.5. The lowest BCUT2D eigenvalue weighted by Crippen LogP contribution is -2.50. The maximum atomic E-state index is 12.1. The second-order valence-electron chi connectivity index (χ2n) is 5.03. The van der Waals surface area contributed by atoms with Crippen molar-refractivity contribution in [2.75, 3.05) is 0 Å². The fourth-order valence-electron chi connectivity index (χ4n) is 1.95. The molecule has 2 aromatic rings. The van der Waals surface area contributed by atoms with Crippen molar-refractivity contribution in [2.45, 2.75) is 19.1 Å². The van der Waals surface area contributed by atoms with Crippen molar-refractivity contribution in [3.8, 4) is 11.5 Å². The van der Waals surface area contributed by atoms with Gasteiger partial charge in [-0.25, -0.2) is 0 Å². The Morgan fingerprint density at radius 1 is 1.04 bits per heavy atom. The second kappa shape index (κ2) is 7.42. The summed E-state index contributed by atoms with van der Waals surface area (Å²) in [6, 6.07) is 14.5. The number of aliphatic hydroxyl groups excluding tert-OH is 1. The van der Waals surface area contributed by atoms with Gasteiger partial charge in [-0.2, -0.15) is 0 Å². The molecule has 6 nitrogen and oxygen atoms in total. The zero-order chi connectivity index (χ0) is 16.8. The number of ether oxygens (including phenoxy) is 1. The van der Waals surface area contributed by atoms with E-state index in [4.69, 9.17) is 10.5 Å². The van der Waals surface area contributed by atoms with Gasteiger partial charge in [-0.3, -0.25) is 9.59 Å². The first-order chi connectivity index (χ1) is 11.0. The Bertz CT molecular complexity index is 669. The Labute approximate surface area is 133 Å². The van der Waals surface area contributed by atoms with Crippen molar-refractivity contribution < 1.29 is 19.4 Å². The third kappa shape index (κ3) is 4.55. The minimum absolute atomic E-state index is 0.331. The number of hydrogen-bond donors (Lipinski definition) is 3. The Morgan fingerprint density at radius 3 is 2.13 bits per heavy atom. The summed E-state index contributed by atoms with van der Waals surface area (Å²) in [4.78, 5) is 23.3. The van der Waals surface area contributed by atoms with Crippen LogP contribution in [-0.4, -0.2) is 29.1 Å². The molecule has 0 saturated heterocycles. The van der Waals surface area contributed by atoms with Gasteiger partial charge in [-0.15, -0.1) is 0 Å². The van der Waals surface area contributed by atoms with E-state index in [2.05, 4.69) is 5.32 Å². The number of hydrogen-bond acceptors (Lipinski definition) is 4. The summed E-state index contributed by atoms with van der Waals surface area (Å²) >= 11 is 0. The lowest BCUT2D eigenvalue weighted by molar-refractivity contribution is -0.122. The average Bonchev–Trinajstić information content (AvgIpc) is 2.53. The van der Waals surface area contributed by atoms with E-state index < -0.39 is 24.0 Å². The highest BCUT2D eigenvalue weighted by Crippen LogP contribution is 2.21. The smallest absolute Gasteiger partial charge is 0.252 e. The molecule has 0 heterocycles. The Morgan fingerprint density at radius 2 is 1.61 bits per heavy atom. The molecule has 2 rings (SSSR count). The van der Waals surface area contributed by atoms with Crippen molar-refractivity contribution in [1.82, 2.24) is 5.32 Å². The SMILES string of the molecule is C[C@@H](O)[C@H](NC(=O)c1ccc(Oc2ccccc2)cc1)C(N)=O. The molecule has 0 aromatic heterocycles. The van der Waals surface area contributed by atoms with Crippen LogP contribution < -0.4 is 15.8 Å². The summed E-state index contributed by atoms with van der Waals surface area (Å²) in [5.41, 5.74) is 5.47. The number of benzene rings is 2. The minimum Gasteiger partial charge on any atom is -0.457 e. The van der Waals surface area contributed by atoms with E-state index in [0.29, 0.717) is 17.1 Å². The molecule has 0 spiro atoms. The fourth-order valence-corrected chi connectivity index (χ4v) is 1.95. The van der Waals surface area contributed by atoms with Gasteiger partial charge in [0.15, 0.2) is 0 Å². The van der Waals surface area contributed by atoms with Crippen molar-refractivity contribution >= 4 is 11.8 Å². The summed E-state index contributed by atoms with van der Waals surface area (Å²) in [6.07, 6.45) is -1.07. The molecule has 0 radical (unpaired) electrons. The summed E-state index contributed by atoms with van der Waals surface area (Å²) in [5.74, 6) is -0.0272. The normalized spacial score (nSPS) is 13.0. The van der Waals surface area contributed by atoms with Gasteiger partial charge >= 0.3 is 0 Å². The topological polar surface area (TPSA) is 102 Å². The summed E-state index contributed by atoms with van der Waals surface area (Å²) < 4.78 is 5.62. The predicted molar refractivity (Wildman–Crippen MR) is 85.1 cm³/mol. The van der Waals surface area contributed by atoms with Gasteiger partial charge in [0.2, 0.25) is 5.91 Å². The lowest BCUT2D eigenvalue weighted by atomic mass is 10.1. The fraction of sp³-hybridized carbons (Fsp3) is 0.176. The molecule has 0 aliphatic heterocycles. The summed E-state index contributed by atoms with van der Waals surface area (Å²) in [5, 5.41) is 11.8. The molecule has 2 amide bonds. The lowest BCUT2D eigenvalue weighted by Gasteiger charge is -2.18. The molecule has 0 fully saturated rings. The molecule has 0 saturated carbocycles. The number of para-hydroxylation sites is 1. The van der Waals surface area contributed by atoms with Crippen LogP contribution in [0.5, 0.6) is 11.5 Å². The maximum Gasteiger partial charge on any atom is 0.252 e. The molecule has 0 unspecified atom stereocenters. The van der Waals surface area contributed by atoms with E-state index in [1.54, 1.807) is 24.3 Å². The largest absolute Gasteiger partial charge is 0.457 e. The molecule has 0 aliphatic carbocycles. The number of nitrogens with one attached hydrogen (secondary N) is 1. The van der Waals surface area contributed by atoms with Gasteiger partial charge in [0.25, 0.3) is 5.91 Å². The third-order valence-corrected chi connectivity index (χ3v) is 3.17. The van der Waals surface area contributed by atoms with E-state index in [0.717, 1.165) is 0 Å². The number of rotatable bonds is 6. The number of carbonyl (C=O) groups is 2. The van der Waals surface area contributed by atoms with Crippen molar-refractivity contribution in [2.24, 2.45) is 5.73 Å². The predicted octanol–water partition coefficient (Wildman–Crippen LogP) is 1.44. The van der Waals surface area contributed by atoms with Crippen LogP contribution in [0.1, 0.15) is 17.3 Å². The molecule has 6 heteroatoms. The number of aliphatic hydroxyl groups is 1. The third-order valence-electron chi connectivity index (χ3n) is 3.17. The maximum absolute atomic E-state index is 12.1. The van der Waals surface area contributed by atoms with E-state index >= 15 is 0 Å². The van der Waals surface area contributed by atoms with Crippen molar-refractivity contribution in [3.63, 3.8) is 0 Å². The van der Waals surface area contributed by atoms with Crippen LogP contribution >= 0.6 is 0 Å². The van der Waals surface area contributed by atoms with Gasteiger partial charge in [0, 0.05) is 5.56 Å². The number of primary amides is 1. The van der Waals surface area contributed by atoms with Crippen LogP contribution in [-0.2, 0) is 4.79 Å². The summed E-state index contributed by atoms with van der Waals surface area (Å²) in [6.45, 7) is 1.38. The number of carbonyl (C=O) groups excluding carboxylic acids is 2. The molecule has 0 bridgehead atoms. The van der Waals surface area contributed by atoms with Gasteiger partial charge in [-0.1, -0.05) is 18.2 Å². The Kier molecular flexibility index (Phi) is 5.32. The summed E-state index contributed by atoms with van der Waals surface area (Å²) in [7, 11) is 0. The first-order valence-electron chi connectivity index (χ1n) is 7.08. The van der Waals surface area contributed by atoms with Gasteiger partial charge in [0.05, 0.1) is 6.10 Å². The van der Waals surface area contributed by atoms with E-state index in [1.165, 1.54) is 6.92 Å². The standard InChI is InChI=1S/C17H18N2O4/c1-11(20)15(16(18)21)19-17(22)12-7-9-14(10-8-12)23-13-5-3-2-4-6-13/h2-11,15,20H,1H3,(H2,18,21)(H,19,22)/t11-,15+/m1/s1. The molecular weight excluding hydrogens is 296 g/mol.